The summed E-state index contributed by atoms with van der Waals surface area (Å²) in [5, 5.41) is 0. The second kappa shape index (κ2) is 5.78. The average Bonchev–Trinajstić information content (AvgIpc) is 2.39. The molecule has 0 aliphatic heterocycles. The van der Waals surface area contributed by atoms with Crippen molar-refractivity contribution in [2.24, 2.45) is 0 Å². The van der Waals surface area contributed by atoms with Gasteiger partial charge < -0.3 is 0 Å². The third kappa shape index (κ3) is 3.90. The Morgan fingerprint density at radius 3 is 3.14 bits per heavy atom. The van der Waals surface area contributed by atoms with E-state index in [1.807, 2.05) is 6.08 Å². The van der Waals surface area contributed by atoms with Gasteiger partial charge in [-0.15, -0.1) is 6.58 Å². The maximum atomic E-state index is 3.69. The Morgan fingerprint density at radius 2 is 2.36 bits per heavy atom. The van der Waals surface area contributed by atoms with E-state index >= 15 is 0 Å². The van der Waals surface area contributed by atoms with E-state index in [9.17, 15) is 0 Å². The minimum atomic E-state index is 0.0741. The summed E-state index contributed by atoms with van der Waals surface area (Å²) in [6, 6.07) is 0. The predicted octanol–water partition coefficient (Wildman–Crippen LogP) is 2.32. The van der Waals surface area contributed by atoms with E-state index in [0.29, 0.717) is 0 Å². The van der Waals surface area contributed by atoms with E-state index < -0.39 is 0 Å². The summed E-state index contributed by atoms with van der Waals surface area (Å²) in [4.78, 5) is 0. The highest BCUT2D eigenvalue weighted by Gasteiger charge is 2.19. The van der Waals surface area contributed by atoms with Crippen molar-refractivity contribution in [3.05, 3.63) is 37.0 Å². The number of hydrogen-bond donors (Lipinski definition) is 2. The molecule has 0 aromatic rings. The van der Waals surface area contributed by atoms with Gasteiger partial charge in [-0.25, -0.2) is 5.43 Å². The topological polar surface area (TPSA) is 24.1 Å². The molecule has 14 heavy (non-hydrogen) atoms. The summed E-state index contributed by atoms with van der Waals surface area (Å²) < 4.78 is 0. The van der Waals surface area contributed by atoms with Crippen LogP contribution in [0, 0.1) is 0 Å². The molecular formula is C12H20N2. The van der Waals surface area contributed by atoms with Gasteiger partial charge >= 0.3 is 0 Å². The van der Waals surface area contributed by atoms with E-state index in [2.05, 4.69) is 48.7 Å². The first-order valence-corrected chi connectivity index (χ1v) is 5.22. The average molecular weight is 192 g/mol. The fourth-order valence-corrected chi connectivity index (χ4v) is 1.45. The fourth-order valence-electron chi connectivity index (χ4n) is 1.45. The SMILES string of the molecule is C=CCCNNC1(C)C=CC=CCC1. The van der Waals surface area contributed by atoms with Crippen LogP contribution in [0.5, 0.6) is 0 Å². The van der Waals surface area contributed by atoms with Crippen LogP contribution in [-0.4, -0.2) is 12.1 Å². The van der Waals surface area contributed by atoms with Crippen molar-refractivity contribution in [3.8, 4) is 0 Å². The van der Waals surface area contributed by atoms with Crippen molar-refractivity contribution in [3.63, 3.8) is 0 Å². The van der Waals surface area contributed by atoms with Crippen molar-refractivity contribution in [2.45, 2.75) is 31.7 Å². The number of nitrogens with one attached hydrogen (secondary N) is 2. The van der Waals surface area contributed by atoms with Crippen molar-refractivity contribution < 1.29 is 0 Å². The van der Waals surface area contributed by atoms with Crippen molar-refractivity contribution in [1.29, 1.82) is 0 Å². The molecular weight excluding hydrogens is 172 g/mol. The minimum Gasteiger partial charge on any atom is -0.257 e. The Morgan fingerprint density at radius 1 is 1.50 bits per heavy atom. The van der Waals surface area contributed by atoms with E-state index in [4.69, 9.17) is 0 Å². The first kappa shape index (κ1) is 11.2. The van der Waals surface area contributed by atoms with Crippen molar-refractivity contribution in [2.75, 3.05) is 6.54 Å². The van der Waals surface area contributed by atoms with Gasteiger partial charge in [0.1, 0.15) is 0 Å². The Balaban J connectivity index is 2.30. The normalized spacial score (nSPS) is 26.1. The van der Waals surface area contributed by atoms with Gasteiger partial charge in [0.25, 0.3) is 0 Å². The zero-order valence-corrected chi connectivity index (χ0v) is 8.92. The van der Waals surface area contributed by atoms with Crippen LogP contribution in [0.1, 0.15) is 26.2 Å². The molecule has 0 spiro atoms. The molecule has 1 rings (SSSR count). The molecule has 0 amide bonds. The lowest BCUT2D eigenvalue weighted by Crippen LogP contribution is -2.49. The highest BCUT2D eigenvalue weighted by molar-refractivity contribution is 5.15. The van der Waals surface area contributed by atoms with Crippen LogP contribution in [0.4, 0.5) is 0 Å². The summed E-state index contributed by atoms with van der Waals surface area (Å²) in [6.07, 6.45) is 13.8. The lowest BCUT2D eigenvalue weighted by molar-refractivity contribution is 0.352. The van der Waals surface area contributed by atoms with E-state index in [-0.39, 0.29) is 5.54 Å². The van der Waals surface area contributed by atoms with Gasteiger partial charge in [0.2, 0.25) is 0 Å². The Bertz CT molecular complexity index is 230. The smallest absolute Gasteiger partial charge is 0.0480 e. The van der Waals surface area contributed by atoms with Crippen LogP contribution in [0.3, 0.4) is 0 Å². The molecule has 0 radical (unpaired) electrons. The van der Waals surface area contributed by atoms with Crippen LogP contribution in [0.25, 0.3) is 0 Å². The summed E-state index contributed by atoms with van der Waals surface area (Å²) in [5.74, 6) is 0. The third-order valence-corrected chi connectivity index (χ3v) is 2.39. The van der Waals surface area contributed by atoms with Gasteiger partial charge in [0.15, 0.2) is 0 Å². The molecule has 0 bridgehead atoms. The maximum Gasteiger partial charge on any atom is 0.0480 e. The molecule has 0 fully saturated rings. The van der Waals surface area contributed by atoms with Crippen LogP contribution in [-0.2, 0) is 0 Å². The van der Waals surface area contributed by atoms with Crippen molar-refractivity contribution in [1.82, 2.24) is 10.9 Å². The van der Waals surface area contributed by atoms with Gasteiger partial charge in [-0.1, -0.05) is 30.4 Å². The summed E-state index contributed by atoms with van der Waals surface area (Å²) in [7, 11) is 0. The Hall–Kier alpha value is -0.860. The number of rotatable bonds is 5. The predicted molar refractivity (Wildman–Crippen MR) is 61.9 cm³/mol. The molecule has 0 aromatic carbocycles. The fraction of sp³-hybridized carbons (Fsp3) is 0.500. The zero-order valence-electron chi connectivity index (χ0n) is 8.92. The molecule has 78 valence electrons. The largest absolute Gasteiger partial charge is 0.257 e. The highest BCUT2D eigenvalue weighted by atomic mass is 15.4. The quantitative estimate of drug-likeness (QED) is 0.397. The molecule has 1 aliphatic carbocycles. The standard InChI is InChI=1S/C12H20N2/c1-3-4-11-13-14-12(2)9-7-5-6-8-10-12/h3,5-7,9,13-14H,1,4,8,10-11H2,2H3. The molecule has 0 aromatic heterocycles. The number of hydrazine groups is 1. The number of hydrogen-bond acceptors (Lipinski definition) is 2. The molecule has 0 saturated heterocycles. The monoisotopic (exact) mass is 192 g/mol. The lowest BCUT2D eigenvalue weighted by Gasteiger charge is -2.27. The second-order valence-corrected chi connectivity index (χ2v) is 3.87. The van der Waals surface area contributed by atoms with Crippen LogP contribution >= 0.6 is 0 Å². The van der Waals surface area contributed by atoms with Crippen LogP contribution < -0.4 is 10.9 Å². The molecule has 2 nitrogen and oxygen atoms in total. The summed E-state index contributed by atoms with van der Waals surface area (Å²) in [6.45, 7) is 6.82. The maximum absolute atomic E-state index is 3.69. The Kier molecular flexibility index (Phi) is 4.63. The Labute approximate surface area is 86.7 Å². The van der Waals surface area contributed by atoms with Crippen LogP contribution in [0.15, 0.2) is 37.0 Å². The van der Waals surface area contributed by atoms with E-state index in [1.54, 1.807) is 0 Å². The van der Waals surface area contributed by atoms with Gasteiger partial charge in [0.05, 0.1) is 0 Å². The lowest BCUT2D eigenvalue weighted by atomic mass is 9.98. The van der Waals surface area contributed by atoms with Gasteiger partial charge in [0, 0.05) is 12.1 Å². The second-order valence-electron chi connectivity index (χ2n) is 3.87. The highest BCUT2D eigenvalue weighted by Crippen LogP contribution is 2.16. The van der Waals surface area contributed by atoms with Crippen molar-refractivity contribution >= 4 is 0 Å². The molecule has 2 heteroatoms. The van der Waals surface area contributed by atoms with Gasteiger partial charge in [-0.05, 0) is 26.2 Å². The third-order valence-electron chi connectivity index (χ3n) is 2.39. The van der Waals surface area contributed by atoms with Gasteiger partial charge in [-0.2, -0.15) is 0 Å². The first-order chi connectivity index (χ1) is 6.77. The number of allylic oxidation sites excluding steroid dienone is 3. The molecule has 1 aliphatic rings. The first-order valence-electron chi connectivity index (χ1n) is 5.22. The zero-order chi connectivity index (χ0) is 10.3. The molecule has 2 N–H and O–H groups in total. The van der Waals surface area contributed by atoms with Gasteiger partial charge in [-0.3, -0.25) is 5.43 Å². The van der Waals surface area contributed by atoms with E-state index in [1.165, 1.54) is 0 Å². The van der Waals surface area contributed by atoms with Crippen LogP contribution in [0.2, 0.25) is 0 Å². The summed E-state index contributed by atoms with van der Waals surface area (Å²) in [5.41, 5.74) is 6.65. The molecule has 0 heterocycles. The minimum absolute atomic E-state index is 0.0741. The molecule has 1 atom stereocenters. The molecule has 1 unspecified atom stereocenters. The molecule has 0 saturated carbocycles. The van der Waals surface area contributed by atoms with E-state index in [0.717, 1.165) is 25.8 Å². The summed E-state index contributed by atoms with van der Waals surface area (Å²) >= 11 is 0.